The van der Waals surface area contributed by atoms with E-state index in [-0.39, 0.29) is 12.8 Å². The highest BCUT2D eigenvalue weighted by atomic mass is 19.1. The lowest BCUT2D eigenvalue weighted by Crippen LogP contribution is -2.37. The smallest absolute Gasteiger partial charge is 0.410 e. The van der Waals surface area contributed by atoms with Gasteiger partial charge in [0.2, 0.25) is 0 Å². The van der Waals surface area contributed by atoms with E-state index in [9.17, 15) is 18.8 Å². The topological polar surface area (TPSA) is 91.4 Å². The number of amides is 1. The molecular weight excluding hydrogens is 722 g/mol. The van der Waals surface area contributed by atoms with Crippen LogP contribution in [0.25, 0.3) is 17.2 Å². The van der Waals surface area contributed by atoms with Gasteiger partial charge in [-0.25, -0.2) is 4.79 Å². The van der Waals surface area contributed by atoms with Crippen molar-refractivity contribution in [1.29, 1.82) is 0 Å². The van der Waals surface area contributed by atoms with E-state index in [1.54, 1.807) is 35.2 Å². The number of hydrogen-bond donors (Lipinski definition) is 0. The summed E-state index contributed by atoms with van der Waals surface area (Å²) < 4.78 is 35.4. The summed E-state index contributed by atoms with van der Waals surface area (Å²) in [5, 5.41) is 0. The molecule has 1 heterocycles. The maximum absolute atomic E-state index is 13.0. The van der Waals surface area contributed by atoms with Crippen LogP contribution < -0.4 is 14.2 Å². The third-order valence-corrected chi connectivity index (χ3v) is 8.52. The molecule has 1 atom stereocenters. The Morgan fingerprint density at radius 2 is 1.42 bits per heavy atom. The van der Waals surface area contributed by atoms with E-state index in [1.807, 2.05) is 103 Å². The van der Waals surface area contributed by atoms with Crippen molar-refractivity contribution in [3.8, 4) is 17.2 Å². The van der Waals surface area contributed by atoms with Crippen LogP contribution in [0.5, 0.6) is 17.2 Å². The van der Waals surface area contributed by atoms with Crippen molar-refractivity contribution in [3.05, 3.63) is 108 Å². The minimum atomic E-state index is -0.592. The van der Waals surface area contributed by atoms with E-state index < -0.39 is 23.6 Å². The summed E-state index contributed by atoms with van der Waals surface area (Å²) in [5.41, 5.74) is 4.73. The van der Waals surface area contributed by atoms with E-state index >= 15 is 0 Å². The molecule has 1 aliphatic rings. The summed E-state index contributed by atoms with van der Waals surface area (Å²) in [6, 6.07) is 20.7. The van der Waals surface area contributed by atoms with Crippen LogP contribution in [-0.2, 0) is 14.3 Å². The Morgan fingerprint density at radius 3 is 2.00 bits per heavy atom. The molecule has 310 valence electrons. The number of hydrogen-bond acceptors (Lipinski definition) is 7. The van der Waals surface area contributed by atoms with Crippen molar-refractivity contribution in [3.63, 3.8) is 0 Å². The fourth-order valence-corrected chi connectivity index (χ4v) is 6.12. The van der Waals surface area contributed by atoms with Gasteiger partial charge >= 0.3 is 18.0 Å². The number of allylic oxidation sites excluding steroid dienone is 2. The predicted octanol–water partition coefficient (Wildman–Crippen LogP) is 12.8. The highest BCUT2D eigenvalue weighted by Crippen LogP contribution is 2.47. The molecule has 0 fully saturated rings. The molecule has 1 unspecified atom stereocenters. The molecule has 0 bridgehead atoms. The van der Waals surface area contributed by atoms with E-state index in [1.165, 1.54) is 13.8 Å². The van der Waals surface area contributed by atoms with Crippen LogP contribution in [-0.4, -0.2) is 48.3 Å². The zero-order valence-electron chi connectivity index (χ0n) is 35.6. The summed E-state index contributed by atoms with van der Waals surface area (Å²) in [7, 11) is 0. The quantitative estimate of drug-likeness (QED) is 0.0618. The fourth-order valence-electron chi connectivity index (χ4n) is 6.12. The van der Waals surface area contributed by atoms with E-state index in [2.05, 4.69) is 6.58 Å². The van der Waals surface area contributed by atoms with Gasteiger partial charge in [0.1, 0.15) is 29.0 Å². The second-order valence-corrected chi connectivity index (χ2v) is 14.5. The molecule has 0 spiro atoms. The minimum Gasteiger partial charge on any atom is -0.480 e. The first-order valence-electron chi connectivity index (χ1n) is 20.1. The number of rotatable bonds is 16. The second kappa shape index (κ2) is 25.1. The predicted molar refractivity (Wildman–Crippen MR) is 230 cm³/mol. The Morgan fingerprint density at radius 1 is 0.842 bits per heavy atom. The van der Waals surface area contributed by atoms with Gasteiger partial charge in [-0.2, -0.15) is 0 Å². The number of esters is 2. The molecule has 0 radical (unpaired) electrons. The number of halogens is 1. The molecule has 3 aromatic carbocycles. The lowest BCUT2D eigenvalue weighted by molar-refractivity contribution is -0.132. The van der Waals surface area contributed by atoms with Crippen LogP contribution in [0.1, 0.15) is 136 Å². The summed E-state index contributed by atoms with van der Waals surface area (Å²) >= 11 is 0. The van der Waals surface area contributed by atoms with Gasteiger partial charge in [0.15, 0.2) is 0 Å². The molecular formula is C48H64FNO7. The largest absolute Gasteiger partial charge is 0.480 e. The van der Waals surface area contributed by atoms with Gasteiger partial charge in [0, 0.05) is 38.1 Å². The lowest BCUT2D eigenvalue weighted by atomic mass is 9.86. The third kappa shape index (κ3) is 16.8. The number of fused-ring (bicyclic) bond motifs is 1. The first-order chi connectivity index (χ1) is 27.3. The third-order valence-electron chi connectivity index (χ3n) is 8.52. The van der Waals surface area contributed by atoms with Crippen LogP contribution in [0.3, 0.4) is 0 Å². The van der Waals surface area contributed by atoms with Crippen molar-refractivity contribution in [1.82, 2.24) is 4.90 Å². The van der Waals surface area contributed by atoms with Gasteiger partial charge in [-0.3, -0.25) is 14.0 Å². The highest BCUT2D eigenvalue weighted by molar-refractivity contribution is 5.96. The van der Waals surface area contributed by atoms with Gasteiger partial charge in [-0.1, -0.05) is 101 Å². The molecule has 0 N–H and O–H groups in total. The fraction of sp³-hybridized carbons (Fsp3) is 0.438. The first-order valence-corrected chi connectivity index (χ1v) is 20.1. The van der Waals surface area contributed by atoms with Gasteiger partial charge in [0.05, 0.1) is 6.67 Å². The number of carbonyl (C=O) groups is 3. The van der Waals surface area contributed by atoms with Crippen LogP contribution in [0.2, 0.25) is 0 Å². The minimum absolute atomic E-state index is 0.248. The van der Waals surface area contributed by atoms with Crippen LogP contribution in [0.4, 0.5) is 9.18 Å². The molecule has 3 aromatic rings. The zero-order valence-corrected chi connectivity index (χ0v) is 35.6. The molecule has 1 amide bonds. The van der Waals surface area contributed by atoms with Crippen molar-refractivity contribution in [2.24, 2.45) is 0 Å². The van der Waals surface area contributed by atoms with Crippen molar-refractivity contribution < 1.29 is 37.7 Å². The maximum atomic E-state index is 13.0. The molecule has 0 aliphatic carbocycles. The molecule has 0 saturated heterocycles. The second-order valence-electron chi connectivity index (χ2n) is 14.5. The summed E-state index contributed by atoms with van der Waals surface area (Å²) in [5.74, 6) is 0.678. The van der Waals surface area contributed by atoms with E-state index in [0.717, 1.165) is 71.9 Å². The van der Waals surface area contributed by atoms with Gasteiger partial charge in [-0.15, -0.1) is 6.58 Å². The standard InChI is InChI=1S/C43H52FNO7.C3H6.C2H6/c1-30-38-29-37(50-32(3)47)23-24-39(38)51-41(40(30)35-17-14-18-36(28-35)49-31(2)46)34-21-19-33(20-22-34)16-15-27-45(42(48)52-43(4,5)6)26-13-11-9-7-8-10-12-25-44;1-3-2;1-2/h14-24,28-29,41H,7-13,25-27H2,1-6H3;3H,1H2,2H3;1-2H3/b16-15+;;. The molecule has 57 heavy (non-hydrogen) atoms. The van der Waals surface area contributed by atoms with Gasteiger partial charge in [0.25, 0.3) is 0 Å². The van der Waals surface area contributed by atoms with Gasteiger partial charge < -0.3 is 23.8 Å². The Balaban J connectivity index is 0.00000214. The van der Waals surface area contributed by atoms with Gasteiger partial charge in [-0.05, 0) is 100 Å². The van der Waals surface area contributed by atoms with Crippen molar-refractivity contribution >= 4 is 35.3 Å². The monoisotopic (exact) mass is 785 g/mol. The number of alkyl halides is 1. The van der Waals surface area contributed by atoms with Crippen molar-refractivity contribution in [2.75, 3.05) is 19.8 Å². The van der Waals surface area contributed by atoms with E-state index in [0.29, 0.717) is 36.8 Å². The van der Waals surface area contributed by atoms with Crippen LogP contribution in [0, 0.1) is 0 Å². The molecule has 8 nitrogen and oxygen atoms in total. The average molecular weight is 786 g/mol. The van der Waals surface area contributed by atoms with E-state index in [4.69, 9.17) is 18.9 Å². The Labute approximate surface area is 340 Å². The molecule has 9 heteroatoms. The summed E-state index contributed by atoms with van der Waals surface area (Å²) in [6.45, 7) is 20.3. The number of carbonyl (C=O) groups excluding carboxylic acids is 3. The first kappa shape index (κ1) is 48.0. The SMILES string of the molecule is C=CC.CC.CC(=O)Oc1cccc(C2=C(C)c3cc(OC(C)=O)ccc3OC2c2ccc(/C=C/CN(CCCCCCCCCF)C(=O)OC(C)(C)C)cc2)c1. The number of ether oxygens (including phenoxy) is 4. The van der Waals surface area contributed by atoms with Crippen LogP contribution >= 0.6 is 0 Å². The van der Waals surface area contributed by atoms with Crippen LogP contribution in [0.15, 0.2) is 85.5 Å². The maximum Gasteiger partial charge on any atom is 0.410 e. The number of nitrogens with zero attached hydrogens (tertiary/aromatic N) is 1. The highest BCUT2D eigenvalue weighted by Gasteiger charge is 2.30. The normalized spacial score (nSPS) is 13.2. The Hall–Kier alpha value is -5.18. The summed E-state index contributed by atoms with van der Waals surface area (Å²) in [4.78, 5) is 38.2. The van der Waals surface area contributed by atoms with Crippen molar-refractivity contribution in [2.45, 2.75) is 119 Å². The number of benzene rings is 3. The average Bonchev–Trinajstić information content (AvgIpc) is 3.15. The zero-order chi connectivity index (χ0) is 42.4. The number of unbranched alkanes of at least 4 members (excludes halogenated alkanes) is 6. The summed E-state index contributed by atoms with van der Waals surface area (Å²) in [6.07, 6.45) is 11.5. The lowest BCUT2D eigenvalue weighted by Gasteiger charge is -2.31. The Bertz CT molecular complexity index is 1790. The Kier molecular flexibility index (Phi) is 21.2. The molecule has 0 aromatic heterocycles. The molecule has 1 aliphatic heterocycles. The molecule has 0 saturated carbocycles. The molecule has 4 rings (SSSR count).